The van der Waals surface area contributed by atoms with Gasteiger partial charge in [0.2, 0.25) is 0 Å². The summed E-state index contributed by atoms with van der Waals surface area (Å²) in [6.45, 7) is 0.690. The average Bonchev–Trinajstić information content (AvgIpc) is 3.06. The molecule has 0 amide bonds. The summed E-state index contributed by atoms with van der Waals surface area (Å²) in [7, 11) is 0. The molecule has 4 heterocycles. The van der Waals surface area contributed by atoms with Gasteiger partial charge in [-0.15, -0.1) is 11.3 Å². The molecule has 0 aliphatic carbocycles. The van der Waals surface area contributed by atoms with Gasteiger partial charge in [-0.3, -0.25) is 9.78 Å². The van der Waals surface area contributed by atoms with Crippen LogP contribution in [0.5, 0.6) is 0 Å². The van der Waals surface area contributed by atoms with E-state index in [2.05, 4.69) is 23.2 Å². The highest BCUT2D eigenvalue weighted by atomic mass is 35.5. The van der Waals surface area contributed by atoms with Crippen molar-refractivity contribution in [3.8, 4) is 32.8 Å². The second-order valence-electron chi connectivity index (χ2n) is 6.88. The molecule has 0 spiro atoms. The van der Waals surface area contributed by atoms with Crippen molar-refractivity contribution in [2.24, 2.45) is 0 Å². The summed E-state index contributed by atoms with van der Waals surface area (Å²) in [4.78, 5) is 18.7. The smallest absolute Gasteiger partial charge is 0.259 e. The van der Waals surface area contributed by atoms with Gasteiger partial charge in [-0.25, -0.2) is 0 Å². The summed E-state index contributed by atoms with van der Waals surface area (Å²) < 4.78 is 2.61. The van der Waals surface area contributed by atoms with Crippen molar-refractivity contribution in [3.63, 3.8) is 0 Å². The van der Waals surface area contributed by atoms with Crippen molar-refractivity contribution < 1.29 is 0 Å². The molecule has 0 saturated heterocycles. The minimum absolute atomic E-state index is 0.0323. The molecular formula is C23H17ClN2OS. The fourth-order valence-electron chi connectivity index (χ4n) is 3.93. The molecule has 0 fully saturated rings. The number of hydrogen-bond acceptors (Lipinski definition) is 3. The molecule has 4 aromatic rings. The molecule has 0 unspecified atom stereocenters. The molecule has 0 bridgehead atoms. The third-order valence-electron chi connectivity index (χ3n) is 5.21. The zero-order chi connectivity index (χ0) is 19.1. The minimum atomic E-state index is 0.0323. The Morgan fingerprint density at radius 3 is 2.64 bits per heavy atom. The van der Waals surface area contributed by atoms with Crippen molar-refractivity contribution in [1.82, 2.24) is 9.55 Å². The van der Waals surface area contributed by atoms with E-state index in [0.717, 1.165) is 40.1 Å². The Labute approximate surface area is 171 Å². The van der Waals surface area contributed by atoms with E-state index in [4.69, 9.17) is 11.6 Å². The van der Waals surface area contributed by atoms with Gasteiger partial charge in [0, 0.05) is 34.9 Å². The molecule has 3 aromatic heterocycles. The first-order valence-corrected chi connectivity index (χ1v) is 10.4. The fraction of sp³-hybridized carbons (Fsp3) is 0.130. The van der Waals surface area contributed by atoms with Gasteiger partial charge in [0.25, 0.3) is 5.56 Å². The van der Waals surface area contributed by atoms with Crippen molar-refractivity contribution in [3.05, 3.63) is 87.2 Å². The van der Waals surface area contributed by atoms with E-state index in [0.29, 0.717) is 16.4 Å². The van der Waals surface area contributed by atoms with Crippen molar-refractivity contribution in [2.45, 2.75) is 19.4 Å². The lowest BCUT2D eigenvalue weighted by molar-refractivity contribution is 0.643. The van der Waals surface area contributed by atoms with Crippen LogP contribution in [0, 0.1) is 0 Å². The van der Waals surface area contributed by atoms with Gasteiger partial charge < -0.3 is 4.57 Å². The van der Waals surface area contributed by atoms with Crippen LogP contribution >= 0.6 is 22.9 Å². The number of nitrogens with zero attached hydrogens (tertiary/aromatic N) is 2. The zero-order valence-electron chi connectivity index (χ0n) is 15.1. The Balaban J connectivity index is 1.89. The monoisotopic (exact) mass is 404 g/mol. The van der Waals surface area contributed by atoms with Crippen LogP contribution in [0.15, 0.2) is 71.8 Å². The number of thiophene rings is 1. The second kappa shape index (κ2) is 7.04. The van der Waals surface area contributed by atoms with E-state index < -0.39 is 0 Å². The maximum Gasteiger partial charge on any atom is 0.259 e. The highest BCUT2D eigenvalue weighted by Gasteiger charge is 2.23. The molecule has 0 atom stereocenters. The van der Waals surface area contributed by atoms with E-state index in [-0.39, 0.29) is 5.56 Å². The van der Waals surface area contributed by atoms with Gasteiger partial charge in [-0.2, -0.15) is 0 Å². The van der Waals surface area contributed by atoms with Crippen LogP contribution in [0.25, 0.3) is 32.8 Å². The molecular weight excluding hydrogens is 388 g/mol. The van der Waals surface area contributed by atoms with Crippen molar-refractivity contribution >= 4 is 22.9 Å². The number of fused-ring (bicyclic) bond motifs is 3. The number of aromatic nitrogens is 2. The number of hydrogen-bond donors (Lipinski definition) is 0. The number of aryl methyl sites for hydroxylation is 1. The van der Waals surface area contributed by atoms with E-state index in [1.54, 1.807) is 0 Å². The normalized spacial score (nSPS) is 12.9. The van der Waals surface area contributed by atoms with Gasteiger partial charge in [-0.1, -0.05) is 41.9 Å². The molecule has 28 heavy (non-hydrogen) atoms. The van der Waals surface area contributed by atoms with Crippen LogP contribution in [-0.4, -0.2) is 9.55 Å². The maximum atomic E-state index is 13.5. The highest BCUT2D eigenvalue weighted by molar-refractivity contribution is 7.19. The van der Waals surface area contributed by atoms with E-state index in [1.807, 2.05) is 53.4 Å². The quantitative estimate of drug-likeness (QED) is 0.416. The molecule has 0 N–H and O–H groups in total. The highest BCUT2D eigenvalue weighted by Crippen LogP contribution is 2.38. The molecule has 3 nitrogen and oxygen atoms in total. The van der Waals surface area contributed by atoms with Crippen LogP contribution in [0.3, 0.4) is 0 Å². The number of pyridine rings is 2. The van der Waals surface area contributed by atoms with Crippen molar-refractivity contribution in [2.75, 3.05) is 0 Å². The van der Waals surface area contributed by atoms with E-state index >= 15 is 0 Å². The summed E-state index contributed by atoms with van der Waals surface area (Å²) in [6, 6.07) is 18.1. The zero-order valence-corrected chi connectivity index (χ0v) is 16.6. The van der Waals surface area contributed by atoms with Crippen LogP contribution in [0.4, 0.5) is 0 Å². The SMILES string of the molecule is O=c1c(-c2ccc(Cl)s2)cc(-c2ccccc2)c2n1CCCc1ccncc1-2. The van der Waals surface area contributed by atoms with Crippen LogP contribution < -0.4 is 5.56 Å². The molecule has 1 aliphatic heterocycles. The van der Waals surface area contributed by atoms with Crippen LogP contribution in [-0.2, 0) is 13.0 Å². The predicted octanol–water partition coefficient (Wildman–Crippen LogP) is 5.91. The summed E-state index contributed by atoms with van der Waals surface area (Å²) in [5.41, 5.74) is 6.12. The van der Waals surface area contributed by atoms with Crippen LogP contribution in [0.2, 0.25) is 4.34 Å². The molecule has 5 rings (SSSR count). The molecule has 138 valence electrons. The Kier molecular flexibility index (Phi) is 4.38. The standard InChI is InChI=1S/C23H17ClN2OS/c24-21-9-8-20(28-21)18-13-17(15-5-2-1-3-6-15)22-19-14-25-11-10-16(19)7-4-12-26(22)23(18)27/h1-3,5-6,8-11,13-14H,4,7,12H2. The molecule has 1 aromatic carbocycles. The van der Waals surface area contributed by atoms with Crippen molar-refractivity contribution in [1.29, 1.82) is 0 Å². The lowest BCUT2D eigenvalue weighted by atomic mass is 9.95. The lowest BCUT2D eigenvalue weighted by Crippen LogP contribution is -2.23. The molecule has 0 saturated carbocycles. The Morgan fingerprint density at radius 2 is 1.86 bits per heavy atom. The molecule has 1 aliphatic rings. The largest absolute Gasteiger partial charge is 0.307 e. The molecule has 5 heteroatoms. The Morgan fingerprint density at radius 1 is 1.00 bits per heavy atom. The number of rotatable bonds is 2. The van der Waals surface area contributed by atoms with Gasteiger partial charge in [0.1, 0.15) is 0 Å². The summed E-state index contributed by atoms with van der Waals surface area (Å²) >= 11 is 7.60. The average molecular weight is 405 g/mol. The van der Waals surface area contributed by atoms with Gasteiger partial charge >= 0.3 is 0 Å². The second-order valence-corrected chi connectivity index (χ2v) is 8.60. The summed E-state index contributed by atoms with van der Waals surface area (Å²) in [5, 5.41) is 0. The minimum Gasteiger partial charge on any atom is -0.307 e. The van der Waals surface area contributed by atoms with Gasteiger partial charge in [0.05, 0.1) is 15.6 Å². The first-order valence-electron chi connectivity index (χ1n) is 9.24. The number of benzene rings is 1. The van der Waals surface area contributed by atoms with E-state index in [9.17, 15) is 4.79 Å². The Bertz CT molecular complexity index is 1230. The third kappa shape index (κ3) is 2.89. The van der Waals surface area contributed by atoms with Crippen LogP contribution in [0.1, 0.15) is 12.0 Å². The predicted molar refractivity (Wildman–Crippen MR) is 116 cm³/mol. The third-order valence-corrected chi connectivity index (χ3v) is 6.47. The fourth-order valence-corrected chi connectivity index (χ4v) is 4.98. The Hall–Kier alpha value is -2.69. The summed E-state index contributed by atoms with van der Waals surface area (Å²) in [6.07, 6.45) is 5.58. The van der Waals surface area contributed by atoms with Gasteiger partial charge in [-0.05, 0) is 48.2 Å². The first-order chi connectivity index (χ1) is 13.7. The lowest BCUT2D eigenvalue weighted by Gasteiger charge is -2.18. The topological polar surface area (TPSA) is 34.9 Å². The van der Waals surface area contributed by atoms with E-state index in [1.165, 1.54) is 16.9 Å². The van der Waals surface area contributed by atoms with Gasteiger partial charge in [0.15, 0.2) is 0 Å². The number of halogens is 1. The maximum absolute atomic E-state index is 13.5. The molecule has 0 radical (unpaired) electrons. The summed E-state index contributed by atoms with van der Waals surface area (Å²) in [5.74, 6) is 0. The first kappa shape index (κ1) is 17.4.